The molecular formula is C28H28N2O7S. The lowest BCUT2D eigenvalue weighted by atomic mass is 9.94. The smallest absolute Gasteiger partial charge is 0.340 e. The number of aromatic nitrogens is 1. The Labute approximate surface area is 224 Å². The van der Waals surface area contributed by atoms with Crippen molar-refractivity contribution in [3.8, 4) is 34.1 Å². The van der Waals surface area contributed by atoms with Crippen molar-refractivity contribution < 1.29 is 33.3 Å². The number of ether oxygens (including phenoxy) is 5. The van der Waals surface area contributed by atoms with Gasteiger partial charge in [-0.3, -0.25) is 4.79 Å². The standard InChI is InChI=1S/C28H28N2O7S/c1-7-37-28(32)21-14(2)30-27-23(22(21)15-8-11-18(34-4)20(12-15)36-6)24(29)26(38-27)25(31)17-10-9-16(33-3)13-19(17)35-5/h8-13H,7,29H2,1-6H3. The van der Waals surface area contributed by atoms with E-state index >= 15 is 0 Å². The number of carbonyl (C=O) groups is 2. The van der Waals surface area contributed by atoms with E-state index < -0.39 is 5.97 Å². The minimum atomic E-state index is -0.542. The van der Waals surface area contributed by atoms with Crippen LogP contribution < -0.4 is 24.7 Å². The lowest BCUT2D eigenvalue weighted by Crippen LogP contribution is -2.11. The summed E-state index contributed by atoms with van der Waals surface area (Å²) in [7, 11) is 6.08. The van der Waals surface area contributed by atoms with E-state index in [-0.39, 0.29) is 28.5 Å². The van der Waals surface area contributed by atoms with Gasteiger partial charge in [-0.15, -0.1) is 11.3 Å². The molecule has 0 spiro atoms. The van der Waals surface area contributed by atoms with Crippen LogP contribution in [0.1, 0.15) is 38.2 Å². The van der Waals surface area contributed by atoms with Gasteiger partial charge in [-0.25, -0.2) is 9.78 Å². The molecule has 2 aromatic carbocycles. The Morgan fingerprint density at radius 2 is 1.63 bits per heavy atom. The number of hydrogen-bond donors (Lipinski definition) is 1. The minimum Gasteiger partial charge on any atom is -0.497 e. The van der Waals surface area contributed by atoms with Gasteiger partial charge >= 0.3 is 5.97 Å². The Hall–Kier alpha value is -4.31. The molecule has 2 heterocycles. The van der Waals surface area contributed by atoms with E-state index in [1.54, 1.807) is 57.4 Å². The summed E-state index contributed by atoms with van der Waals surface area (Å²) in [4.78, 5) is 32.3. The number of nitrogens with two attached hydrogens (primary N) is 1. The van der Waals surface area contributed by atoms with E-state index in [1.165, 1.54) is 21.3 Å². The van der Waals surface area contributed by atoms with Gasteiger partial charge in [-0.2, -0.15) is 0 Å². The van der Waals surface area contributed by atoms with Crippen molar-refractivity contribution >= 4 is 39.0 Å². The van der Waals surface area contributed by atoms with Gasteiger partial charge in [-0.1, -0.05) is 6.07 Å². The molecule has 0 aliphatic heterocycles. The number of carbonyl (C=O) groups excluding carboxylic acids is 2. The summed E-state index contributed by atoms with van der Waals surface area (Å²) < 4.78 is 26.9. The fourth-order valence-electron chi connectivity index (χ4n) is 4.28. The molecule has 0 bridgehead atoms. The van der Waals surface area contributed by atoms with E-state index in [1.807, 2.05) is 0 Å². The Morgan fingerprint density at radius 1 is 0.921 bits per heavy atom. The molecule has 0 amide bonds. The van der Waals surface area contributed by atoms with Crippen LogP contribution >= 0.6 is 11.3 Å². The third kappa shape index (κ3) is 4.58. The lowest BCUT2D eigenvalue weighted by Gasteiger charge is -2.15. The second-order valence-electron chi connectivity index (χ2n) is 8.16. The van der Waals surface area contributed by atoms with Crippen LogP contribution in [0.4, 0.5) is 5.69 Å². The molecule has 0 aliphatic rings. The van der Waals surface area contributed by atoms with Crippen LogP contribution in [0.3, 0.4) is 0 Å². The van der Waals surface area contributed by atoms with Gasteiger partial charge in [-0.05, 0) is 43.7 Å². The number of methoxy groups -OCH3 is 4. The summed E-state index contributed by atoms with van der Waals surface area (Å²) in [6.45, 7) is 3.63. The normalized spacial score (nSPS) is 10.8. The molecule has 0 unspecified atom stereocenters. The van der Waals surface area contributed by atoms with E-state index in [2.05, 4.69) is 4.98 Å². The molecule has 38 heavy (non-hydrogen) atoms. The maximum Gasteiger partial charge on any atom is 0.340 e. The summed E-state index contributed by atoms with van der Waals surface area (Å²) in [5.74, 6) is 1.02. The first-order chi connectivity index (χ1) is 18.3. The van der Waals surface area contributed by atoms with Crippen molar-refractivity contribution in [2.24, 2.45) is 0 Å². The molecule has 9 nitrogen and oxygen atoms in total. The number of aryl methyl sites for hydroxylation is 1. The number of anilines is 1. The Kier molecular flexibility index (Phi) is 7.72. The fraction of sp³-hybridized carbons (Fsp3) is 0.250. The molecule has 0 atom stereocenters. The first-order valence-corrected chi connectivity index (χ1v) is 12.5. The van der Waals surface area contributed by atoms with E-state index in [0.29, 0.717) is 55.6 Å². The minimum absolute atomic E-state index is 0.182. The van der Waals surface area contributed by atoms with Crippen LogP contribution in [0.5, 0.6) is 23.0 Å². The van der Waals surface area contributed by atoms with Gasteiger partial charge in [0, 0.05) is 17.0 Å². The predicted octanol–water partition coefficient (Wildman–Crippen LogP) is 5.30. The number of esters is 1. The van der Waals surface area contributed by atoms with Crippen molar-refractivity contribution in [2.75, 3.05) is 40.8 Å². The lowest BCUT2D eigenvalue weighted by molar-refractivity contribution is 0.0526. The third-order valence-corrected chi connectivity index (χ3v) is 7.17. The fourth-order valence-corrected chi connectivity index (χ4v) is 5.38. The Bertz CT molecular complexity index is 1540. The van der Waals surface area contributed by atoms with Crippen LogP contribution in [0.15, 0.2) is 36.4 Å². The second-order valence-corrected chi connectivity index (χ2v) is 9.16. The van der Waals surface area contributed by atoms with Crippen LogP contribution in [0.2, 0.25) is 0 Å². The SMILES string of the molecule is CCOC(=O)c1c(C)nc2sc(C(=O)c3ccc(OC)cc3OC)c(N)c2c1-c1ccc(OC)c(OC)c1. The molecule has 4 rings (SSSR count). The van der Waals surface area contributed by atoms with E-state index in [4.69, 9.17) is 29.4 Å². The third-order valence-electron chi connectivity index (χ3n) is 6.07. The average Bonchev–Trinajstić information content (AvgIpc) is 3.26. The molecule has 2 aromatic heterocycles. The molecule has 0 radical (unpaired) electrons. The Balaban J connectivity index is 2.02. The van der Waals surface area contributed by atoms with Crippen LogP contribution in [0.25, 0.3) is 21.3 Å². The van der Waals surface area contributed by atoms with Crippen molar-refractivity contribution in [3.63, 3.8) is 0 Å². The van der Waals surface area contributed by atoms with Crippen LogP contribution in [-0.4, -0.2) is 51.8 Å². The molecule has 0 saturated heterocycles. The summed E-state index contributed by atoms with van der Waals surface area (Å²) in [6, 6.07) is 10.2. The highest BCUT2D eigenvalue weighted by atomic mass is 32.1. The zero-order chi connectivity index (χ0) is 27.6. The second kappa shape index (κ2) is 11.0. The number of thiophene rings is 1. The first-order valence-electron chi connectivity index (χ1n) is 11.7. The van der Waals surface area contributed by atoms with Gasteiger partial charge in [0.25, 0.3) is 0 Å². The number of ketones is 1. The maximum absolute atomic E-state index is 13.7. The molecule has 0 saturated carbocycles. The first kappa shape index (κ1) is 26.7. The topological polar surface area (TPSA) is 119 Å². The zero-order valence-corrected chi connectivity index (χ0v) is 22.8. The number of nitrogens with zero attached hydrogens (tertiary/aromatic N) is 1. The van der Waals surface area contributed by atoms with Gasteiger partial charge in [0.15, 0.2) is 11.5 Å². The molecule has 0 aliphatic carbocycles. The van der Waals surface area contributed by atoms with Crippen molar-refractivity contribution in [1.82, 2.24) is 4.98 Å². The highest BCUT2D eigenvalue weighted by molar-refractivity contribution is 7.21. The number of nitrogen functional groups attached to an aromatic ring is 1. The number of hydrogen-bond acceptors (Lipinski definition) is 10. The zero-order valence-electron chi connectivity index (χ0n) is 22.0. The average molecular weight is 537 g/mol. The summed E-state index contributed by atoms with van der Waals surface area (Å²) in [5.41, 5.74) is 9.02. The molecule has 198 valence electrons. The number of rotatable bonds is 9. The predicted molar refractivity (Wildman–Crippen MR) is 146 cm³/mol. The number of benzene rings is 2. The highest BCUT2D eigenvalue weighted by Gasteiger charge is 2.29. The maximum atomic E-state index is 13.7. The molecular weight excluding hydrogens is 508 g/mol. The van der Waals surface area contributed by atoms with Crippen molar-refractivity contribution in [1.29, 1.82) is 0 Å². The monoisotopic (exact) mass is 536 g/mol. The van der Waals surface area contributed by atoms with Crippen molar-refractivity contribution in [3.05, 3.63) is 58.1 Å². The van der Waals surface area contributed by atoms with E-state index in [0.717, 1.165) is 11.3 Å². The Morgan fingerprint density at radius 3 is 2.26 bits per heavy atom. The van der Waals surface area contributed by atoms with Gasteiger partial charge in [0.1, 0.15) is 21.2 Å². The van der Waals surface area contributed by atoms with Crippen LogP contribution in [0, 0.1) is 6.92 Å². The van der Waals surface area contributed by atoms with Crippen molar-refractivity contribution in [2.45, 2.75) is 13.8 Å². The molecule has 4 aromatic rings. The van der Waals surface area contributed by atoms with Crippen LogP contribution in [-0.2, 0) is 4.74 Å². The quantitative estimate of drug-likeness (QED) is 0.225. The highest BCUT2D eigenvalue weighted by Crippen LogP contribution is 2.45. The summed E-state index contributed by atoms with van der Waals surface area (Å²) in [5, 5.41) is 0.478. The molecule has 0 fully saturated rings. The largest absolute Gasteiger partial charge is 0.497 e. The van der Waals surface area contributed by atoms with E-state index in [9.17, 15) is 9.59 Å². The summed E-state index contributed by atoms with van der Waals surface area (Å²) >= 11 is 1.15. The number of fused-ring (bicyclic) bond motifs is 1. The van der Waals surface area contributed by atoms with Gasteiger partial charge in [0.05, 0.1) is 57.6 Å². The summed E-state index contributed by atoms with van der Waals surface area (Å²) in [6.07, 6.45) is 0. The molecule has 10 heteroatoms. The van der Waals surface area contributed by atoms with Gasteiger partial charge in [0.2, 0.25) is 5.78 Å². The van der Waals surface area contributed by atoms with Gasteiger partial charge < -0.3 is 29.4 Å². The molecule has 2 N–H and O–H groups in total. The number of pyridine rings is 1.